The maximum atomic E-state index is 12.3. The molecule has 0 spiro atoms. The third kappa shape index (κ3) is 4.51. The van der Waals surface area contributed by atoms with E-state index in [0.29, 0.717) is 18.1 Å². The van der Waals surface area contributed by atoms with Crippen LogP contribution in [-0.4, -0.2) is 56.5 Å². The van der Waals surface area contributed by atoms with Crippen LogP contribution < -0.4 is 15.0 Å². The van der Waals surface area contributed by atoms with Crippen LogP contribution in [0.2, 0.25) is 0 Å². The van der Waals surface area contributed by atoms with E-state index in [-0.39, 0.29) is 18.4 Å². The highest BCUT2D eigenvalue weighted by Gasteiger charge is 2.23. The van der Waals surface area contributed by atoms with Crippen molar-refractivity contribution in [1.29, 1.82) is 0 Å². The molecule has 2 fully saturated rings. The molecule has 0 saturated carbocycles. The molecule has 0 atom stereocenters. The number of rotatable bonds is 6. The minimum Gasteiger partial charge on any atom is -0.484 e. The molecule has 0 bridgehead atoms. The summed E-state index contributed by atoms with van der Waals surface area (Å²) in [6.07, 6.45) is 3.58. The molecule has 2 heterocycles. The average Bonchev–Trinajstić information content (AvgIpc) is 3.07. The molecule has 2 amide bonds. The van der Waals surface area contributed by atoms with Crippen molar-refractivity contribution >= 4 is 17.5 Å². The molecule has 6 heteroatoms. The molecule has 2 saturated heterocycles. The summed E-state index contributed by atoms with van der Waals surface area (Å²) < 4.78 is 5.69. The van der Waals surface area contributed by atoms with Crippen LogP contribution in [0.25, 0.3) is 0 Å². The molecule has 0 unspecified atom stereocenters. The Labute approximate surface area is 149 Å². The van der Waals surface area contributed by atoms with E-state index >= 15 is 0 Å². The van der Waals surface area contributed by atoms with Crippen molar-refractivity contribution in [2.24, 2.45) is 5.92 Å². The summed E-state index contributed by atoms with van der Waals surface area (Å²) in [5, 5.41) is 3.20. The van der Waals surface area contributed by atoms with Crippen molar-refractivity contribution in [2.45, 2.75) is 25.7 Å². The molecule has 2 aliphatic rings. The topological polar surface area (TPSA) is 61.9 Å². The zero-order valence-corrected chi connectivity index (χ0v) is 14.9. The van der Waals surface area contributed by atoms with E-state index in [2.05, 4.69) is 5.32 Å². The number of likely N-dealkylation sites (tertiary alicyclic amines) is 1. The van der Waals surface area contributed by atoms with Gasteiger partial charge in [0.1, 0.15) is 5.75 Å². The van der Waals surface area contributed by atoms with Crippen LogP contribution in [0.4, 0.5) is 5.69 Å². The lowest BCUT2D eigenvalue weighted by atomic mass is 9.97. The third-order valence-corrected chi connectivity index (χ3v) is 5.03. The van der Waals surface area contributed by atoms with Gasteiger partial charge in [-0.1, -0.05) is 6.07 Å². The number of hydrogen-bond acceptors (Lipinski definition) is 4. The van der Waals surface area contributed by atoms with Crippen LogP contribution >= 0.6 is 0 Å². The lowest BCUT2D eigenvalue weighted by Gasteiger charge is -2.31. The van der Waals surface area contributed by atoms with E-state index in [4.69, 9.17) is 4.74 Å². The quantitative estimate of drug-likeness (QED) is 0.852. The predicted octanol–water partition coefficient (Wildman–Crippen LogP) is 1.65. The molecule has 6 nitrogen and oxygen atoms in total. The Morgan fingerprint density at radius 1 is 1.28 bits per heavy atom. The maximum Gasteiger partial charge on any atom is 0.260 e. The van der Waals surface area contributed by atoms with E-state index in [1.54, 1.807) is 4.90 Å². The highest BCUT2D eigenvalue weighted by Crippen LogP contribution is 2.25. The van der Waals surface area contributed by atoms with Gasteiger partial charge in [0.15, 0.2) is 6.61 Å². The van der Waals surface area contributed by atoms with Crippen molar-refractivity contribution in [2.75, 3.05) is 44.7 Å². The second kappa shape index (κ2) is 8.34. The number of amides is 2. The van der Waals surface area contributed by atoms with Gasteiger partial charge in [0.05, 0.1) is 0 Å². The molecule has 25 heavy (non-hydrogen) atoms. The van der Waals surface area contributed by atoms with Gasteiger partial charge in [0.2, 0.25) is 5.91 Å². The van der Waals surface area contributed by atoms with Gasteiger partial charge in [-0.2, -0.15) is 0 Å². The normalized spacial score (nSPS) is 18.7. The molecule has 3 rings (SSSR count). The van der Waals surface area contributed by atoms with Crippen molar-refractivity contribution < 1.29 is 14.3 Å². The molecule has 0 radical (unpaired) electrons. The SMILES string of the molecule is CNCC1CCN(C(=O)COc2cccc(N3CCCC3=O)c2)CC1. The van der Waals surface area contributed by atoms with Gasteiger partial charge < -0.3 is 19.9 Å². The first-order valence-electron chi connectivity index (χ1n) is 9.13. The van der Waals surface area contributed by atoms with E-state index in [1.807, 2.05) is 36.2 Å². The fraction of sp³-hybridized carbons (Fsp3) is 0.579. The van der Waals surface area contributed by atoms with Crippen LogP contribution in [0.1, 0.15) is 25.7 Å². The number of nitrogens with zero attached hydrogens (tertiary/aromatic N) is 2. The third-order valence-electron chi connectivity index (χ3n) is 5.03. The standard InChI is InChI=1S/C19H27N3O3/c1-20-13-15-7-10-21(11-8-15)19(24)14-25-17-5-2-4-16(12-17)22-9-3-6-18(22)23/h2,4-5,12,15,20H,3,6-11,13-14H2,1H3. The van der Waals surface area contributed by atoms with E-state index in [1.165, 1.54) is 0 Å². The zero-order chi connectivity index (χ0) is 17.6. The second-order valence-corrected chi connectivity index (χ2v) is 6.82. The number of piperidine rings is 1. The zero-order valence-electron chi connectivity index (χ0n) is 14.9. The number of carbonyl (C=O) groups is 2. The first kappa shape index (κ1) is 17.7. The highest BCUT2D eigenvalue weighted by molar-refractivity contribution is 5.95. The Balaban J connectivity index is 1.50. The molecule has 0 aromatic heterocycles. The Hall–Kier alpha value is -2.08. The summed E-state index contributed by atoms with van der Waals surface area (Å²) in [7, 11) is 1.97. The summed E-state index contributed by atoms with van der Waals surface area (Å²) in [5.74, 6) is 1.48. The van der Waals surface area contributed by atoms with Crippen molar-refractivity contribution in [3.8, 4) is 5.75 Å². The first-order valence-corrected chi connectivity index (χ1v) is 9.13. The summed E-state index contributed by atoms with van der Waals surface area (Å²) in [6, 6.07) is 7.44. The van der Waals surface area contributed by atoms with Gasteiger partial charge in [-0.15, -0.1) is 0 Å². The minimum absolute atomic E-state index is 0.0329. The smallest absolute Gasteiger partial charge is 0.260 e. The summed E-state index contributed by atoms with van der Waals surface area (Å²) in [6.45, 7) is 3.42. The van der Waals surface area contributed by atoms with Gasteiger partial charge in [0, 0.05) is 37.8 Å². The number of benzene rings is 1. The van der Waals surface area contributed by atoms with Crippen LogP contribution in [-0.2, 0) is 9.59 Å². The minimum atomic E-state index is 0.0329. The predicted molar refractivity (Wildman–Crippen MR) is 96.8 cm³/mol. The van der Waals surface area contributed by atoms with Gasteiger partial charge in [-0.05, 0) is 50.9 Å². The molecule has 1 aromatic carbocycles. The molecule has 1 aromatic rings. The van der Waals surface area contributed by atoms with Crippen LogP contribution in [0.3, 0.4) is 0 Å². The summed E-state index contributed by atoms with van der Waals surface area (Å²) >= 11 is 0. The largest absolute Gasteiger partial charge is 0.484 e. The Morgan fingerprint density at radius 3 is 2.76 bits per heavy atom. The van der Waals surface area contributed by atoms with E-state index in [9.17, 15) is 9.59 Å². The molecule has 1 N–H and O–H groups in total. The molecule has 0 aliphatic carbocycles. The van der Waals surface area contributed by atoms with Gasteiger partial charge >= 0.3 is 0 Å². The lowest BCUT2D eigenvalue weighted by molar-refractivity contribution is -0.134. The van der Waals surface area contributed by atoms with Crippen molar-refractivity contribution in [3.05, 3.63) is 24.3 Å². The van der Waals surface area contributed by atoms with Crippen LogP contribution in [0, 0.1) is 5.92 Å². The Kier molecular flexibility index (Phi) is 5.91. The number of carbonyl (C=O) groups excluding carboxylic acids is 2. The number of nitrogens with one attached hydrogen (secondary N) is 1. The van der Waals surface area contributed by atoms with Crippen molar-refractivity contribution in [1.82, 2.24) is 10.2 Å². The summed E-state index contributed by atoms with van der Waals surface area (Å²) in [5.41, 5.74) is 0.848. The second-order valence-electron chi connectivity index (χ2n) is 6.82. The monoisotopic (exact) mass is 345 g/mol. The molecular weight excluding hydrogens is 318 g/mol. The summed E-state index contributed by atoms with van der Waals surface area (Å²) in [4.78, 5) is 27.9. The molecule has 136 valence electrons. The Morgan fingerprint density at radius 2 is 2.08 bits per heavy atom. The highest BCUT2D eigenvalue weighted by atomic mass is 16.5. The fourth-order valence-electron chi connectivity index (χ4n) is 3.57. The Bertz CT molecular complexity index is 612. The first-order chi connectivity index (χ1) is 12.2. The van der Waals surface area contributed by atoms with E-state index < -0.39 is 0 Å². The molecule has 2 aliphatic heterocycles. The maximum absolute atomic E-state index is 12.3. The van der Waals surface area contributed by atoms with Crippen LogP contribution in [0.15, 0.2) is 24.3 Å². The van der Waals surface area contributed by atoms with Gasteiger partial charge in [-0.25, -0.2) is 0 Å². The average molecular weight is 345 g/mol. The van der Waals surface area contributed by atoms with Crippen LogP contribution in [0.5, 0.6) is 5.75 Å². The van der Waals surface area contributed by atoms with Gasteiger partial charge in [-0.3, -0.25) is 9.59 Å². The number of hydrogen-bond donors (Lipinski definition) is 1. The van der Waals surface area contributed by atoms with Crippen molar-refractivity contribution in [3.63, 3.8) is 0 Å². The van der Waals surface area contributed by atoms with E-state index in [0.717, 1.165) is 51.1 Å². The number of anilines is 1. The number of ether oxygens (including phenoxy) is 1. The molecular formula is C19H27N3O3. The fourth-order valence-corrected chi connectivity index (χ4v) is 3.57. The van der Waals surface area contributed by atoms with Gasteiger partial charge in [0.25, 0.3) is 5.91 Å². The lowest BCUT2D eigenvalue weighted by Crippen LogP contribution is -2.42.